The lowest BCUT2D eigenvalue weighted by Crippen LogP contribution is -2.10. The van der Waals surface area contributed by atoms with Crippen LogP contribution in [0.4, 0.5) is 0 Å². The fourth-order valence-electron chi connectivity index (χ4n) is 3.26. The second-order valence-corrected chi connectivity index (χ2v) is 7.23. The number of unbranched alkanes of at least 4 members (excludes halogenated alkanes) is 1. The minimum Gasteiger partial charge on any atom is -0.423 e. The Balaban J connectivity index is 1.89. The highest BCUT2D eigenvalue weighted by Crippen LogP contribution is 2.29. The standard InChI is InChI=1S/C25H28O2/c1-4-6-9-20-13-14-21(18(3)5-2)17-24(20)27-25(26)23-15-12-19-10-7-8-11-22(19)16-23/h7-8,10-18H,4-6,9H2,1-3H3. The number of hydrogen-bond donors (Lipinski definition) is 0. The van der Waals surface area contributed by atoms with E-state index in [0.29, 0.717) is 17.2 Å². The van der Waals surface area contributed by atoms with Gasteiger partial charge in [-0.05, 0) is 65.3 Å². The van der Waals surface area contributed by atoms with Crippen LogP contribution >= 0.6 is 0 Å². The number of benzene rings is 3. The van der Waals surface area contributed by atoms with E-state index >= 15 is 0 Å². The molecule has 0 bridgehead atoms. The molecule has 0 aromatic heterocycles. The van der Waals surface area contributed by atoms with Gasteiger partial charge in [-0.15, -0.1) is 0 Å². The van der Waals surface area contributed by atoms with E-state index in [9.17, 15) is 4.79 Å². The lowest BCUT2D eigenvalue weighted by Gasteiger charge is -2.15. The van der Waals surface area contributed by atoms with Gasteiger partial charge in [-0.1, -0.05) is 69.7 Å². The predicted octanol–water partition coefficient (Wildman–Crippen LogP) is 6.92. The van der Waals surface area contributed by atoms with Gasteiger partial charge in [-0.3, -0.25) is 0 Å². The van der Waals surface area contributed by atoms with E-state index in [-0.39, 0.29) is 5.97 Å². The van der Waals surface area contributed by atoms with Crippen molar-refractivity contribution in [3.05, 3.63) is 77.4 Å². The summed E-state index contributed by atoms with van der Waals surface area (Å²) in [4.78, 5) is 12.8. The van der Waals surface area contributed by atoms with Crippen LogP contribution in [0.3, 0.4) is 0 Å². The molecule has 1 atom stereocenters. The summed E-state index contributed by atoms with van der Waals surface area (Å²) >= 11 is 0. The van der Waals surface area contributed by atoms with Gasteiger partial charge in [-0.2, -0.15) is 0 Å². The summed E-state index contributed by atoms with van der Waals surface area (Å²) in [7, 11) is 0. The normalized spacial score (nSPS) is 12.1. The van der Waals surface area contributed by atoms with Crippen LogP contribution in [0.1, 0.15) is 67.4 Å². The maximum absolute atomic E-state index is 12.8. The molecule has 0 aliphatic carbocycles. The van der Waals surface area contributed by atoms with Crippen molar-refractivity contribution in [3.8, 4) is 5.75 Å². The van der Waals surface area contributed by atoms with Crippen LogP contribution in [0.5, 0.6) is 5.75 Å². The van der Waals surface area contributed by atoms with Crippen molar-refractivity contribution < 1.29 is 9.53 Å². The van der Waals surface area contributed by atoms with Gasteiger partial charge in [0.25, 0.3) is 0 Å². The summed E-state index contributed by atoms with van der Waals surface area (Å²) in [6.45, 7) is 6.56. The van der Waals surface area contributed by atoms with Gasteiger partial charge in [0.2, 0.25) is 0 Å². The predicted molar refractivity (Wildman–Crippen MR) is 113 cm³/mol. The van der Waals surface area contributed by atoms with Crippen molar-refractivity contribution in [2.24, 2.45) is 0 Å². The third-order valence-corrected chi connectivity index (χ3v) is 5.26. The molecule has 3 aromatic carbocycles. The van der Waals surface area contributed by atoms with Gasteiger partial charge in [0.15, 0.2) is 0 Å². The lowest BCUT2D eigenvalue weighted by atomic mass is 9.95. The van der Waals surface area contributed by atoms with Crippen molar-refractivity contribution in [2.75, 3.05) is 0 Å². The van der Waals surface area contributed by atoms with Crippen LogP contribution in [0.25, 0.3) is 10.8 Å². The molecule has 0 fully saturated rings. The van der Waals surface area contributed by atoms with Crippen molar-refractivity contribution in [2.45, 2.75) is 52.4 Å². The number of hydrogen-bond acceptors (Lipinski definition) is 2. The van der Waals surface area contributed by atoms with Crippen LogP contribution < -0.4 is 4.74 Å². The third kappa shape index (κ3) is 4.57. The summed E-state index contributed by atoms with van der Waals surface area (Å²) < 4.78 is 5.87. The molecule has 0 aliphatic heterocycles. The van der Waals surface area contributed by atoms with E-state index in [1.807, 2.05) is 42.5 Å². The highest BCUT2D eigenvalue weighted by atomic mass is 16.5. The lowest BCUT2D eigenvalue weighted by molar-refractivity contribution is 0.0733. The number of fused-ring (bicyclic) bond motifs is 1. The molecule has 0 saturated heterocycles. The maximum atomic E-state index is 12.8. The smallest absolute Gasteiger partial charge is 0.343 e. The minimum atomic E-state index is -0.292. The molecule has 140 valence electrons. The first-order valence-electron chi connectivity index (χ1n) is 9.96. The van der Waals surface area contributed by atoms with Gasteiger partial charge in [-0.25, -0.2) is 4.79 Å². The van der Waals surface area contributed by atoms with Crippen LogP contribution in [0.2, 0.25) is 0 Å². The van der Waals surface area contributed by atoms with Crippen molar-refractivity contribution in [1.29, 1.82) is 0 Å². The molecule has 0 saturated carbocycles. The summed E-state index contributed by atoms with van der Waals surface area (Å²) in [5.41, 5.74) is 2.92. The molecule has 2 nitrogen and oxygen atoms in total. The molecule has 2 heteroatoms. The van der Waals surface area contributed by atoms with E-state index in [4.69, 9.17) is 4.74 Å². The molecular formula is C25H28O2. The highest BCUT2D eigenvalue weighted by molar-refractivity contribution is 5.96. The molecule has 0 spiro atoms. The minimum absolute atomic E-state index is 0.292. The second-order valence-electron chi connectivity index (χ2n) is 7.23. The van der Waals surface area contributed by atoms with Gasteiger partial charge >= 0.3 is 5.97 Å². The monoisotopic (exact) mass is 360 g/mol. The average molecular weight is 360 g/mol. The topological polar surface area (TPSA) is 26.3 Å². The zero-order valence-electron chi connectivity index (χ0n) is 16.5. The zero-order valence-corrected chi connectivity index (χ0v) is 16.5. The van der Waals surface area contributed by atoms with Crippen LogP contribution in [-0.2, 0) is 6.42 Å². The van der Waals surface area contributed by atoms with Crippen LogP contribution in [-0.4, -0.2) is 5.97 Å². The van der Waals surface area contributed by atoms with E-state index < -0.39 is 0 Å². The molecule has 0 amide bonds. The first-order chi connectivity index (χ1) is 13.1. The Morgan fingerprint density at radius 2 is 1.74 bits per heavy atom. The van der Waals surface area contributed by atoms with Crippen LogP contribution in [0.15, 0.2) is 60.7 Å². The third-order valence-electron chi connectivity index (χ3n) is 5.26. The number of esters is 1. The Bertz CT molecular complexity index is 927. The average Bonchev–Trinajstić information content (AvgIpc) is 2.71. The molecule has 27 heavy (non-hydrogen) atoms. The number of aryl methyl sites for hydroxylation is 1. The van der Waals surface area contributed by atoms with Gasteiger partial charge in [0.1, 0.15) is 5.75 Å². The molecule has 0 N–H and O–H groups in total. The molecule has 0 radical (unpaired) electrons. The Labute approximate surface area is 162 Å². The van der Waals surface area contributed by atoms with Crippen molar-refractivity contribution in [1.82, 2.24) is 0 Å². The van der Waals surface area contributed by atoms with Gasteiger partial charge in [0, 0.05) is 0 Å². The quantitative estimate of drug-likeness (QED) is 0.338. The van der Waals surface area contributed by atoms with Gasteiger partial charge < -0.3 is 4.74 Å². The van der Waals surface area contributed by atoms with E-state index in [0.717, 1.165) is 42.0 Å². The summed E-state index contributed by atoms with van der Waals surface area (Å²) in [6.07, 6.45) is 4.19. The first-order valence-corrected chi connectivity index (χ1v) is 9.96. The SMILES string of the molecule is CCCCc1ccc(C(C)CC)cc1OC(=O)c1ccc2ccccc2c1. The maximum Gasteiger partial charge on any atom is 0.343 e. The Morgan fingerprint density at radius 1 is 0.963 bits per heavy atom. The molecule has 3 rings (SSSR count). The Kier molecular flexibility index (Phi) is 6.28. The van der Waals surface area contributed by atoms with E-state index in [1.54, 1.807) is 0 Å². The Morgan fingerprint density at radius 3 is 2.48 bits per heavy atom. The first kappa shape index (κ1) is 19.2. The van der Waals surface area contributed by atoms with E-state index in [2.05, 4.69) is 39.0 Å². The van der Waals surface area contributed by atoms with Crippen LogP contribution in [0, 0.1) is 0 Å². The number of ether oxygens (including phenoxy) is 1. The number of carbonyl (C=O) groups excluding carboxylic acids is 1. The van der Waals surface area contributed by atoms with Crippen molar-refractivity contribution >= 4 is 16.7 Å². The largest absolute Gasteiger partial charge is 0.423 e. The molecular weight excluding hydrogens is 332 g/mol. The second kappa shape index (κ2) is 8.85. The molecule has 1 unspecified atom stereocenters. The highest BCUT2D eigenvalue weighted by Gasteiger charge is 2.14. The molecule has 3 aromatic rings. The molecule has 0 heterocycles. The summed E-state index contributed by atoms with van der Waals surface area (Å²) in [5, 5.41) is 2.17. The fourth-order valence-corrected chi connectivity index (χ4v) is 3.26. The van der Waals surface area contributed by atoms with Crippen molar-refractivity contribution in [3.63, 3.8) is 0 Å². The zero-order chi connectivity index (χ0) is 19.2. The number of carbonyl (C=O) groups is 1. The fraction of sp³-hybridized carbons (Fsp3) is 0.320. The van der Waals surface area contributed by atoms with E-state index in [1.165, 1.54) is 5.56 Å². The number of rotatable bonds is 7. The van der Waals surface area contributed by atoms with Gasteiger partial charge in [0.05, 0.1) is 5.56 Å². The molecule has 0 aliphatic rings. The summed E-state index contributed by atoms with van der Waals surface area (Å²) in [5.74, 6) is 0.863. The Hall–Kier alpha value is -2.61. The summed E-state index contributed by atoms with van der Waals surface area (Å²) in [6, 6.07) is 20.1.